The average molecular weight is 188 g/mol. The maximum atomic E-state index is 10.4. The molecule has 2 rings (SSSR count). The van der Waals surface area contributed by atoms with Crippen molar-refractivity contribution in [1.29, 1.82) is 0 Å². The minimum absolute atomic E-state index is 0.172. The van der Waals surface area contributed by atoms with Crippen molar-refractivity contribution in [1.82, 2.24) is 15.0 Å². The van der Waals surface area contributed by atoms with Crippen LogP contribution in [-0.4, -0.2) is 21.0 Å². The Hall–Kier alpha value is -2.17. The van der Waals surface area contributed by atoms with E-state index < -0.39 is 5.97 Å². The third kappa shape index (κ3) is 1.47. The summed E-state index contributed by atoms with van der Waals surface area (Å²) < 4.78 is 1.38. The van der Waals surface area contributed by atoms with E-state index in [0.29, 0.717) is 0 Å². The lowest BCUT2D eigenvalue weighted by Crippen LogP contribution is -2.22. The SMILES string of the molecule is O=C([O-])c1cn(-c2ccccc2)nn1. The Bertz CT molecular complexity index is 450. The van der Waals surface area contributed by atoms with Crippen molar-refractivity contribution in [2.45, 2.75) is 0 Å². The van der Waals surface area contributed by atoms with Gasteiger partial charge in [0.1, 0.15) is 5.69 Å². The largest absolute Gasteiger partial charge is 0.543 e. The van der Waals surface area contributed by atoms with Crippen molar-refractivity contribution in [3.05, 3.63) is 42.2 Å². The first-order valence-electron chi connectivity index (χ1n) is 3.96. The van der Waals surface area contributed by atoms with Crippen LogP contribution in [0.25, 0.3) is 5.69 Å². The van der Waals surface area contributed by atoms with Crippen LogP contribution >= 0.6 is 0 Å². The fraction of sp³-hybridized carbons (Fsp3) is 0. The minimum atomic E-state index is -1.33. The Balaban J connectivity index is 2.39. The van der Waals surface area contributed by atoms with E-state index in [4.69, 9.17) is 0 Å². The third-order valence-corrected chi connectivity index (χ3v) is 1.72. The van der Waals surface area contributed by atoms with Crippen molar-refractivity contribution in [3.63, 3.8) is 0 Å². The molecule has 14 heavy (non-hydrogen) atoms. The first-order chi connectivity index (χ1) is 6.77. The molecule has 0 unspecified atom stereocenters. The highest BCUT2D eigenvalue weighted by Crippen LogP contribution is 2.04. The molecule has 1 aromatic carbocycles. The van der Waals surface area contributed by atoms with Crippen LogP contribution in [0.3, 0.4) is 0 Å². The van der Waals surface area contributed by atoms with E-state index in [1.165, 1.54) is 10.9 Å². The molecule has 0 saturated heterocycles. The number of carboxylic acids is 1. The molecule has 0 amide bonds. The molecule has 0 aliphatic carbocycles. The molecule has 0 aliphatic rings. The quantitative estimate of drug-likeness (QED) is 0.644. The minimum Gasteiger partial charge on any atom is -0.543 e. The summed E-state index contributed by atoms with van der Waals surface area (Å²) >= 11 is 0. The number of rotatable bonds is 2. The zero-order valence-electron chi connectivity index (χ0n) is 7.12. The van der Waals surface area contributed by atoms with Crippen molar-refractivity contribution >= 4 is 5.97 Å². The van der Waals surface area contributed by atoms with Crippen LogP contribution < -0.4 is 5.11 Å². The van der Waals surface area contributed by atoms with Crippen molar-refractivity contribution in [3.8, 4) is 5.69 Å². The number of carbonyl (C=O) groups is 1. The molecular weight excluding hydrogens is 182 g/mol. The average Bonchev–Trinajstić information content (AvgIpc) is 2.68. The van der Waals surface area contributed by atoms with Gasteiger partial charge in [-0.05, 0) is 12.1 Å². The van der Waals surface area contributed by atoms with Crippen LogP contribution in [0, 0.1) is 0 Å². The molecule has 0 radical (unpaired) electrons. The number of carboxylic acid groups (broad SMARTS) is 1. The Morgan fingerprint density at radius 1 is 1.29 bits per heavy atom. The fourth-order valence-electron chi connectivity index (χ4n) is 1.06. The van der Waals surface area contributed by atoms with Crippen molar-refractivity contribution in [2.24, 2.45) is 0 Å². The van der Waals surface area contributed by atoms with E-state index >= 15 is 0 Å². The molecule has 5 heteroatoms. The second-order valence-electron chi connectivity index (χ2n) is 2.67. The molecule has 1 aromatic heterocycles. The van der Waals surface area contributed by atoms with Crippen LogP contribution in [0.2, 0.25) is 0 Å². The summed E-state index contributed by atoms with van der Waals surface area (Å²) in [6.07, 6.45) is 1.31. The maximum Gasteiger partial charge on any atom is 0.128 e. The molecule has 0 aliphatic heterocycles. The second-order valence-corrected chi connectivity index (χ2v) is 2.67. The molecule has 0 saturated carbocycles. The smallest absolute Gasteiger partial charge is 0.128 e. The summed E-state index contributed by atoms with van der Waals surface area (Å²) in [5.41, 5.74) is 0.585. The molecule has 0 bridgehead atoms. The van der Waals surface area contributed by atoms with Crippen LogP contribution in [0.4, 0.5) is 0 Å². The lowest BCUT2D eigenvalue weighted by atomic mass is 10.3. The van der Waals surface area contributed by atoms with Gasteiger partial charge >= 0.3 is 0 Å². The summed E-state index contributed by atoms with van der Waals surface area (Å²) in [6.45, 7) is 0. The number of hydrogen-bond donors (Lipinski definition) is 0. The van der Waals surface area contributed by atoms with Gasteiger partial charge in [0.05, 0.1) is 17.9 Å². The molecule has 1 heterocycles. The molecule has 0 atom stereocenters. The van der Waals surface area contributed by atoms with E-state index in [1.807, 2.05) is 18.2 Å². The number of para-hydroxylation sites is 1. The van der Waals surface area contributed by atoms with Gasteiger partial charge in [-0.15, -0.1) is 5.10 Å². The van der Waals surface area contributed by atoms with Crippen LogP contribution in [0.15, 0.2) is 36.5 Å². The highest BCUT2D eigenvalue weighted by molar-refractivity contribution is 5.82. The number of aromatic carboxylic acids is 1. The maximum absolute atomic E-state index is 10.4. The molecule has 5 nitrogen and oxygen atoms in total. The predicted molar refractivity (Wildman–Crippen MR) is 45.7 cm³/mol. The summed E-state index contributed by atoms with van der Waals surface area (Å²) in [4.78, 5) is 10.4. The third-order valence-electron chi connectivity index (χ3n) is 1.72. The lowest BCUT2D eigenvalue weighted by molar-refractivity contribution is -0.255. The van der Waals surface area contributed by atoms with E-state index in [2.05, 4.69) is 10.3 Å². The van der Waals surface area contributed by atoms with Gasteiger partial charge in [-0.3, -0.25) is 0 Å². The Morgan fingerprint density at radius 2 is 2.00 bits per heavy atom. The monoisotopic (exact) mass is 188 g/mol. The van der Waals surface area contributed by atoms with E-state index in [0.717, 1.165) is 5.69 Å². The highest BCUT2D eigenvalue weighted by atomic mass is 16.4. The van der Waals surface area contributed by atoms with Crippen LogP contribution in [0.5, 0.6) is 0 Å². The zero-order chi connectivity index (χ0) is 9.97. The van der Waals surface area contributed by atoms with Gasteiger partial charge in [-0.1, -0.05) is 23.4 Å². The summed E-state index contributed by atoms with van der Waals surface area (Å²) in [5, 5.41) is 17.5. The predicted octanol–water partition coefficient (Wildman–Crippen LogP) is -0.369. The summed E-state index contributed by atoms with van der Waals surface area (Å²) in [5.74, 6) is -1.33. The second kappa shape index (κ2) is 3.29. The van der Waals surface area contributed by atoms with Gasteiger partial charge in [0.25, 0.3) is 0 Å². The molecule has 0 fully saturated rings. The normalized spacial score (nSPS) is 10.0. The Kier molecular flexibility index (Phi) is 1.98. The standard InChI is InChI=1S/C9H7N3O2/c13-9(14)8-6-12(11-10-8)7-4-2-1-3-5-7/h1-6H,(H,13,14)/p-1. The molecule has 2 aromatic rings. The van der Waals surface area contributed by atoms with Gasteiger partial charge in [0, 0.05) is 0 Å². The van der Waals surface area contributed by atoms with Crippen LogP contribution in [0.1, 0.15) is 10.5 Å². The first kappa shape index (κ1) is 8.43. The van der Waals surface area contributed by atoms with Gasteiger partial charge < -0.3 is 9.90 Å². The van der Waals surface area contributed by atoms with Gasteiger partial charge in [0.2, 0.25) is 0 Å². The molecular formula is C9H6N3O2-. The first-order valence-corrected chi connectivity index (χ1v) is 3.96. The Morgan fingerprint density at radius 3 is 2.57 bits per heavy atom. The summed E-state index contributed by atoms with van der Waals surface area (Å²) in [6, 6.07) is 9.12. The zero-order valence-corrected chi connectivity index (χ0v) is 7.12. The lowest BCUT2D eigenvalue weighted by Gasteiger charge is -1.97. The fourth-order valence-corrected chi connectivity index (χ4v) is 1.06. The van der Waals surface area contributed by atoms with Crippen molar-refractivity contribution in [2.75, 3.05) is 0 Å². The van der Waals surface area contributed by atoms with E-state index in [-0.39, 0.29) is 5.69 Å². The number of hydrogen-bond acceptors (Lipinski definition) is 4. The van der Waals surface area contributed by atoms with Crippen molar-refractivity contribution < 1.29 is 9.90 Å². The molecule has 0 N–H and O–H groups in total. The number of nitrogens with zero attached hydrogens (tertiary/aromatic N) is 3. The van der Waals surface area contributed by atoms with Gasteiger partial charge in [-0.2, -0.15) is 0 Å². The number of benzene rings is 1. The Labute approximate surface area is 79.6 Å². The molecule has 70 valence electrons. The van der Waals surface area contributed by atoms with E-state index in [9.17, 15) is 9.90 Å². The number of aromatic nitrogens is 3. The van der Waals surface area contributed by atoms with Gasteiger partial charge in [0.15, 0.2) is 0 Å². The highest BCUT2D eigenvalue weighted by Gasteiger charge is 2.01. The van der Waals surface area contributed by atoms with E-state index in [1.54, 1.807) is 12.1 Å². The topological polar surface area (TPSA) is 70.8 Å². The van der Waals surface area contributed by atoms with Gasteiger partial charge in [-0.25, -0.2) is 4.68 Å². The summed E-state index contributed by atoms with van der Waals surface area (Å²) in [7, 11) is 0. The number of carbonyl (C=O) groups excluding carboxylic acids is 1. The van der Waals surface area contributed by atoms with Crippen LogP contribution in [-0.2, 0) is 0 Å². The molecule has 0 spiro atoms.